The van der Waals surface area contributed by atoms with E-state index in [4.69, 9.17) is 21.1 Å². The first-order valence-corrected chi connectivity index (χ1v) is 8.13. The molecule has 1 heterocycles. The molecule has 0 saturated heterocycles. The molecule has 3 nitrogen and oxygen atoms in total. The number of aryl methyl sites for hydroxylation is 1. The number of ether oxygens (including phenoxy) is 2. The predicted molar refractivity (Wildman–Crippen MR) is 93.0 cm³/mol. The molecule has 0 bridgehead atoms. The summed E-state index contributed by atoms with van der Waals surface area (Å²) in [6.45, 7) is 1.86. The molecule has 4 rings (SSSR count). The Bertz CT molecular complexity index is 882. The molecular weight excluding hydrogens is 324 g/mol. The van der Waals surface area contributed by atoms with Gasteiger partial charge in [-0.05, 0) is 55.0 Å². The van der Waals surface area contributed by atoms with Crippen molar-refractivity contribution in [1.29, 1.82) is 0 Å². The van der Waals surface area contributed by atoms with Gasteiger partial charge in [-0.15, -0.1) is 0 Å². The third kappa shape index (κ3) is 2.61. The van der Waals surface area contributed by atoms with E-state index in [1.165, 1.54) is 0 Å². The van der Waals surface area contributed by atoms with E-state index >= 15 is 0 Å². The van der Waals surface area contributed by atoms with Crippen LogP contribution in [0.4, 0.5) is 0 Å². The van der Waals surface area contributed by atoms with Crippen molar-refractivity contribution >= 4 is 17.6 Å². The number of fused-ring (bicyclic) bond motifs is 3. The van der Waals surface area contributed by atoms with Crippen LogP contribution in [0, 0.1) is 6.92 Å². The average molecular weight is 339 g/mol. The topological polar surface area (TPSA) is 35.5 Å². The van der Waals surface area contributed by atoms with Crippen LogP contribution in [0.25, 0.3) is 0 Å². The minimum atomic E-state index is -0.399. The van der Waals surface area contributed by atoms with Crippen LogP contribution >= 0.6 is 11.6 Å². The third-order valence-corrected chi connectivity index (χ3v) is 4.72. The second kappa shape index (κ2) is 5.84. The van der Waals surface area contributed by atoms with E-state index in [2.05, 4.69) is 6.08 Å². The quantitative estimate of drug-likeness (QED) is 0.580. The van der Waals surface area contributed by atoms with Gasteiger partial charge < -0.3 is 9.47 Å². The number of hydrogen-bond donors (Lipinski definition) is 0. The van der Waals surface area contributed by atoms with Gasteiger partial charge in [-0.25, -0.2) is 4.79 Å². The normalized spacial score (nSPS) is 20.2. The summed E-state index contributed by atoms with van der Waals surface area (Å²) in [6.07, 6.45) is 8.15. The summed E-state index contributed by atoms with van der Waals surface area (Å²) < 4.78 is 11.4. The van der Waals surface area contributed by atoms with E-state index < -0.39 is 5.97 Å². The lowest BCUT2D eigenvalue weighted by Crippen LogP contribution is -2.15. The zero-order chi connectivity index (χ0) is 16.7. The standard InChI is InChI=1S/C20H15ClO3/c1-12-10-13(6-8-17(12)21)20(22)23-14-7-9-19-16(11-14)15-4-2-3-5-18(15)24-19/h2-11,15,18H,1H3. The molecule has 2 unspecified atom stereocenters. The van der Waals surface area contributed by atoms with Crippen LogP contribution in [0.3, 0.4) is 0 Å². The van der Waals surface area contributed by atoms with E-state index in [1.807, 2.05) is 37.3 Å². The first-order valence-electron chi connectivity index (χ1n) is 7.76. The van der Waals surface area contributed by atoms with Gasteiger partial charge in [-0.1, -0.05) is 29.8 Å². The maximum Gasteiger partial charge on any atom is 0.343 e. The summed E-state index contributed by atoms with van der Waals surface area (Å²) in [5.41, 5.74) is 2.36. The van der Waals surface area contributed by atoms with Crippen LogP contribution in [0.15, 0.2) is 60.7 Å². The smallest absolute Gasteiger partial charge is 0.343 e. The Morgan fingerprint density at radius 2 is 1.96 bits per heavy atom. The maximum absolute atomic E-state index is 12.3. The zero-order valence-corrected chi connectivity index (χ0v) is 13.8. The number of benzene rings is 2. The molecular formula is C20H15ClO3. The monoisotopic (exact) mass is 338 g/mol. The first kappa shape index (κ1) is 15.0. The number of rotatable bonds is 2. The van der Waals surface area contributed by atoms with E-state index in [0.717, 1.165) is 16.9 Å². The Morgan fingerprint density at radius 3 is 2.79 bits per heavy atom. The molecule has 2 atom stereocenters. The lowest BCUT2D eigenvalue weighted by Gasteiger charge is -2.14. The van der Waals surface area contributed by atoms with Crippen LogP contribution < -0.4 is 9.47 Å². The number of carbonyl (C=O) groups is 1. The Labute approximate surface area is 145 Å². The van der Waals surface area contributed by atoms with E-state index in [9.17, 15) is 4.79 Å². The summed E-state index contributed by atoms with van der Waals surface area (Å²) in [5.74, 6) is 1.12. The molecule has 1 aliphatic heterocycles. The predicted octanol–water partition coefficient (Wildman–Crippen LogP) is 4.84. The summed E-state index contributed by atoms with van der Waals surface area (Å²) in [6, 6.07) is 10.6. The minimum absolute atomic E-state index is 0.0230. The molecule has 0 fully saturated rings. The number of halogens is 1. The molecule has 0 N–H and O–H groups in total. The van der Waals surface area contributed by atoms with E-state index in [1.54, 1.807) is 24.3 Å². The number of carbonyl (C=O) groups excluding carboxylic acids is 1. The molecule has 0 saturated carbocycles. The third-order valence-electron chi connectivity index (χ3n) is 4.29. The van der Waals surface area contributed by atoms with Gasteiger partial charge in [0, 0.05) is 16.5 Å². The highest BCUT2D eigenvalue weighted by Crippen LogP contribution is 2.42. The van der Waals surface area contributed by atoms with Gasteiger partial charge in [0.2, 0.25) is 0 Å². The molecule has 0 aromatic heterocycles. The average Bonchev–Trinajstić information content (AvgIpc) is 2.95. The van der Waals surface area contributed by atoms with Gasteiger partial charge in [0.1, 0.15) is 17.6 Å². The second-order valence-corrected chi connectivity index (χ2v) is 6.34. The molecule has 0 radical (unpaired) electrons. The highest BCUT2D eigenvalue weighted by Gasteiger charge is 2.32. The molecule has 0 spiro atoms. The Kier molecular flexibility index (Phi) is 3.66. The zero-order valence-electron chi connectivity index (χ0n) is 13.0. The molecule has 120 valence electrons. The first-order chi connectivity index (χ1) is 11.6. The molecule has 1 aliphatic carbocycles. The van der Waals surface area contributed by atoms with E-state index in [0.29, 0.717) is 16.3 Å². The lowest BCUT2D eigenvalue weighted by atomic mass is 9.92. The minimum Gasteiger partial charge on any atom is -0.485 e. The largest absolute Gasteiger partial charge is 0.485 e. The van der Waals surface area contributed by atoms with Gasteiger partial charge in [0.25, 0.3) is 0 Å². The molecule has 2 aromatic rings. The fourth-order valence-corrected chi connectivity index (χ4v) is 3.14. The highest BCUT2D eigenvalue weighted by atomic mass is 35.5. The maximum atomic E-state index is 12.3. The van der Waals surface area contributed by atoms with Crippen LogP contribution in [-0.2, 0) is 0 Å². The fraction of sp³-hybridized carbons (Fsp3) is 0.150. The van der Waals surface area contributed by atoms with Gasteiger partial charge in [0.05, 0.1) is 5.56 Å². The molecule has 2 aromatic carbocycles. The van der Waals surface area contributed by atoms with Crippen molar-refractivity contribution in [2.24, 2.45) is 0 Å². The van der Waals surface area contributed by atoms with Crippen LogP contribution in [0.5, 0.6) is 11.5 Å². The molecule has 2 aliphatic rings. The fourth-order valence-electron chi connectivity index (χ4n) is 3.02. The Hall–Kier alpha value is -2.52. The summed E-state index contributed by atoms with van der Waals surface area (Å²) in [4.78, 5) is 12.3. The lowest BCUT2D eigenvalue weighted by molar-refractivity contribution is 0.0734. The van der Waals surface area contributed by atoms with E-state index in [-0.39, 0.29) is 12.0 Å². The molecule has 0 amide bonds. The van der Waals surface area contributed by atoms with Gasteiger partial charge >= 0.3 is 5.97 Å². The van der Waals surface area contributed by atoms with Gasteiger partial charge in [-0.2, -0.15) is 0 Å². The summed E-state index contributed by atoms with van der Waals surface area (Å²) in [5, 5.41) is 0.629. The summed E-state index contributed by atoms with van der Waals surface area (Å²) >= 11 is 6.00. The Morgan fingerprint density at radius 1 is 1.12 bits per heavy atom. The van der Waals surface area contributed by atoms with Crippen LogP contribution in [0.2, 0.25) is 5.02 Å². The second-order valence-electron chi connectivity index (χ2n) is 5.93. The van der Waals surface area contributed by atoms with Crippen molar-refractivity contribution in [2.45, 2.75) is 18.9 Å². The van der Waals surface area contributed by atoms with Crippen molar-refractivity contribution in [2.75, 3.05) is 0 Å². The van der Waals surface area contributed by atoms with Crippen molar-refractivity contribution in [3.8, 4) is 11.5 Å². The van der Waals surface area contributed by atoms with Crippen molar-refractivity contribution in [3.63, 3.8) is 0 Å². The number of esters is 1. The van der Waals surface area contributed by atoms with Gasteiger partial charge in [-0.3, -0.25) is 0 Å². The number of hydrogen-bond acceptors (Lipinski definition) is 3. The highest BCUT2D eigenvalue weighted by molar-refractivity contribution is 6.31. The van der Waals surface area contributed by atoms with Crippen LogP contribution in [-0.4, -0.2) is 12.1 Å². The van der Waals surface area contributed by atoms with Crippen molar-refractivity contribution < 1.29 is 14.3 Å². The summed E-state index contributed by atoms with van der Waals surface area (Å²) in [7, 11) is 0. The van der Waals surface area contributed by atoms with Crippen molar-refractivity contribution in [1.82, 2.24) is 0 Å². The molecule has 24 heavy (non-hydrogen) atoms. The van der Waals surface area contributed by atoms with Crippen molar-refractivity contribution in [3.05, 3.63) is 82.4 Å². The molecule has 4 heteroatoms. The SMILES string of the molecule is Cc1cc(C(=O)Oc2ccc3c(c2)C2C=CC=CC2O3)ccc1Cl. The Balaban J connectivity index is 1.58. The number of allylic oxidation sites excluding steroid dienone is 2. The van der Waals surface area contributed by atoms with Crippen LogP contribution in [0.1, 0.15) is 27.4 Å². The van der Waals surface area contributed by atoms with Gasteiger partial charge in [0.15, 0.2) is 0 Å².